The van der Waals surface area contributed by atoms with Crippen LogP contribution in [-0.2, 0) is 38.3 Å². The van der Waals surface area contributed by atoms with Gasteiger partial charge in [-0.2, -0.15) is 0 Å². The van der Waals surface area contributed by atoms with Crippen LogP contribution < -0.4 is 0 Å². The highest BCUT2D eigenvalue weighted by molar-refractivity contribution is 5.88. The Morgan fingerprint density at radius 3 is 1.86 bits per heavy atom. The highest BCUT2D eigenvalue weighted by atomic mass is 16.5. The van der Waals surface area contributed by atoms with Crippen molar-refractivity contribution in [1.29, 1.82) is 0 Å². The molecule has 0 atom stereocenters. The highest BCUT2D eigenvalue weighted by Gasteiger charge is 2.35. The minimum absolute atomic E-state index is 0.00383. The van der Waals surface area contributed by atoms with Crippen molar-refractivity contribution in [2.45, 2.75) is 117 Å². The third kappa shape index (κ3) is 10.6. The number of benzene rings is 2. The Morgan fingerprint density at radius 2 is 1.32 bits per heavy atom. The zero-order valence-corrected chi connectivity index (χ0v) is 31.0. The van der Waals surface area contributed by atoms with Crippen LogP contribution in [-0.4, -0.2) is 48.6 Å². The molecule has 2 aromatic carbocycles. The molecule has 0 amide bonds. The van der Waals surface area contributed by atoms with Crippen molar-refractivity contribution in [3.05, 3.63) is 83.0 Å². The molecule has 2 saturated carbocycles. The Labute approximate surface area is 301 Å². The van der Waals surface area contributed by atoms with Gasteiger partial charge in [-0.15, -0.1) is 0 Å². The number of carbonyl (C=O) groups excluding carboxylic acids is 2. The third-order valence-electron chi connectivity index (χ3n) is 11.6. The lowest BCUT2D eigenvalue weighted by atomic mass is 9.66. The Morgan fingerprint density at radius 1 is 0.740 bits per heavy atom. The second-order valence-corrected chi connectivity index (χ2v) is 14.8. The van der Waals surface area contributed by atoms with E-state index in [1.807, 2.05) is 0 Å². The second-order valence-electron chi connectivity index (χ2n) is 14.8. The molecule has 50 heavy (non-hydrogen) atoms. The summed E-state index contributed by atoms with van der Waals surface area (Å²) < 4.78 is 10.9. The van der Waals surface area contributed by atoms with Gasteiger partial charge in [0, 0.05) is 5.92 Å². The molecule has 0 aromatic heterocycles. The number of hydrogen-bond acceptors (Lipinski definition) is 6. The maximum atomic E-state index is 12.2. The van der Waals surface area contributed by atoms with Crippen LogP contribution in [0.4, 0.5) is 0 Å². The summed E-state index contributed by atoms with van der Waals surface area (Å²) in [7, 11) is 0. The highest BCUT2D eigenvalue weighted by Crippen LogP contribution is 2.46. The summed E-state index contributed by atoms with van der Waals surface area (Å²) in [6.45, 7) is 13.2. The van der Waals surface area contributed by atoms with Gasteiger partial charge in [0.25, 0.3) is 0 Å². The van der Waals surface area contributed by atoms with E-state index in [0.29, 0.717) is 11.8 Å². The van der Waals surface area contributed by atoms with Crippen LogP contribution in [0, 0.1) is 23.7 Å². The maximum Gasteiger partial charge on any atom is 0.335 e. The minimum atomic E-state index is -0.632. The quantitative estimate of drug-likeness (QED) is 0.0924. The van der Waals surface area contributed by atoms with Crippen LogP contribution in [0.3, 0.4) is 0 Å². The number of aryl methyl sites for hydroxylation is 3. The largest absolute Gasteiger partial charge is 0.462 e. The molecule has 0 spiro atoms. The molecule has 0 heterocycles. The van der Waals surface area contributed by atoms with E-state index < -0.39 is 25.2 Å². The van der Waals surface area contributed by atoms with Gasteiger partial charge in [0.05, 0.1) is 37.6 Å². The summed E-state index contributed by atoms with van der Waals surface area (Å²) in [5.41, 5.74) is 8.72. The number of carbonyl (C=O) groups is 2. The first-order valence-electron chi connectivity index (χ1n) is 19.4. The topological polar surface area (TPSA) is 93.1 Å². The summed E-state index contributed by atoms with van der Waals surface area (Å²) >= 11 is 0. The van der Waals surface area contributed by atoms with E-state index in [0.717, 1.165) is 44.4 Å². The van der Waals surface area contributed by atoms with Crippen LogP contribution in [0.1, 0.15) is 120 Å². The maximum absolute atomic E-state index is 12.2. The van der Waals surface area contributed by atoms with Crippen molar-refractivity contribution in [3.8, 4) is 11.1 Å². The normalized spacial score (nSPS) is 20.8. The Balaban J connectivity index is 1.33. The molecular weight excluding hydrogens is 624 g/mol. The Hall–Kier alpha value is -3.22. The van der Waals surface area contributed by atoms with Gasteiger partial charge in [-0.3, -0.25) is 0 Å². The molecule has 2 N–H and O–H groups in total. The average molecular weight is 687 g/mol. The molecule has 0 bridgehead atoms. The zero-order valence-electron chi connectivity index (χ0n) is 31.0. The van der Waals surface area contributed by atoms with E-state index in [4.69, 9.17) is 9.47 Å². The number of ether oxygens (including phenoxy) is 2. The van der Waals surface area contributed by atoms with Gasteiger partial charge >= 0.3 is 11.9 Å². The van der Waals surface area contributed by atoms with E-state index in [2.05, 4.69) is 70.3 Å². The van der Waals surface area contributed by atoms with Crippen LogP contribution >= 0.6 is 0 Å². The molecule has 0 unspecified atom stereocenters. The van der Waals surface area contributed by atoms with Crippen LogP contribution in [0.5, 0.6) is 0 Å². The third-order valence-corrected chi connectivity index (χ3v) is 11.6. The number of aliphatic hydroxyl groups is 2. The molecule has 2 aromatic rings. The molecule has 6 nitrogen and oxygen atoms in total. The fourth-order valence-electron chi connectivity index (χ4n) is 8.44. The molecule has 0 aliphatic heterocycles. The van der Waals surface area contributed by atoms with Gasteiger partial charge in [0.2, 0.25) is 0 Å². The van der Waals surface area contributed by atoms with Gasteiger partial charge in [0.1, 0.15) is 0 Å². The predicted octanol–water partition coefficient (Wildman–Crippen LogP) is 9.09. The first-order valence-corrected chi connectivity index (χ1v) is 19.4. The minimum Gasteiger partial charge on any atom is -0.462 e. The molecule has 6 heteroatoms. The Kier molecular flexibility index (Phi) is 15.8. The van der Waals surface area contributed by atoms with E-state index in [-0.39, 0.29) is 36.2 Å². The fourth-order valence-corrected chi connectivity index (χ4v) is 8.44. The number of unbranched alkanes of at least 4 members (excludes halogenated alkanes) is 2. The first-order chi connectivity index (χ1) is 24.2. The summed E-state index contributed by atoms with van der Waals surface area (Å²) in [4.78, 5) is 24.4. The molecule has 274 valence electrons. The molecule has 0 radical (unpaired) electrons. The summed E-state index contributed by atoms with van der Waals surface area (Å²) in [5, 5.41) is 18.5. The molecule has 0 saturated heterocycles. The van der Waals surface area contributed by atoms with E-state index in [1.165, 1.54) is 79.2 Å². The van der Waals surface area contributed by atoms with E-state index >= 15 is 0 Å². The summed E-state index contributed by atoms with van der Waals surface area (Å²) in [6, 6.07) is 14.4. The van der Waals surface area contributed by atoms with Crippen LogP contribution in [0.25, 0.3) is 11.1 Å². The van der Waals surface area contributed by atoms with Crippen molar-refractivity contribution in [2.75, 3.05) is 26.4 Å². The lowest BCUT2D eigenvalue weighted by Crippen LogP contribution is -2.33. The molecular formula is C44H62O6. The molecule has 2 aliphatic carbocycles. The number of hydrogen-bond donors (Lipinski definition) is 2. The van der Waals surface area contributed by atoms with Crippen molar-refractivity contribution in [2.24, 2.45) is 23.7 Å². The smallest absolute Gasteiger partial charge is 0.335 e. The van der Waals surface area contributed by atoms with Crippen molar-refractivity contribution >= 4 is 11.9 Å². The van der Waals surface area contributed by atoms with Gasteiger partial charge in [-0.25, -0.2) is 9.59 Å². The van der Waals surface area contributed by atoms with Crippen LogP contribution in [0.2, 0.25) is 0 Å². The van der Waals surface area contributed by atoms with Crippen LogP contribution in [0.15, 0.2) is 60.7 Å². The van der Waals surface area contributed by atoms with Gasteiger partial charge in [0.15, 0.2) is 0 Å². The monoisotopic (exact) mass is 686 g/mol. The van der Waals surface area contributed by atoms with Crippen molar-refractivity contribution < 1.29 is 29.3 Å². The van der Waals surface area contributed by atoms with E-state index in [1.54, 1.807) is 5.56 Å². The number of esters is 2. The lowest BCUT2D eigenvalue weighted by Gasteiger charge is -2.40. The SMILES string of the molecule is C=C(CO)C(=O)OCC(COC(=O)C(=C)CO)C1CCC(C2CCC(c3ccc(-c4ccc(CCCCC)cc4CC)cc3CC)CC2)CC1. The van der Waals surface area contributed by atoms with Crippen molar-refractivity contribution in [3.63, 3.8) is 0 Å². The zero-order chi connectivity index (χ0) is 36.0. The van der Waals surface area contributed by atoms with Gasteiger partial charge in [-0.05, 0) is 134 Å². The standard InChI is InChI=1S/C44H62O6/c1-6-9-10-11-32-12-22-42(33(7-2)24-32)39-21-23-41(34(8-3)25-39)38-19-17-36(18-20-38)35-13-15-37(16-14-35)40(28-49-43(47)30(4)26-45)29-50-44(48)31(5)27-46/h12,21-25,35-38,40,45-46H,4-11,13-20,26-29H2,1-3H3. The molecule has 2 aliphatic rings. The van der Waals surface area contributed by atoms with E-state index in [9.17, 15) is 19.8 Å². The number of rotatable bonds is 18. The number of aliphatic hydroxyl groups excluding tert-OH is 2. The first kappa shape index (κ1) is 39.6. The van der Waals surface area contributed by atoms with Crippen molar-refractivity contribution in [1.82, 2.24) is 0 Å². The summed E-state index contributed by atoms with van der Waals surface area (Å²) in [6.07, 6.45) is 16.3. The fraction of sp³-hybridized carbons (Fsp3) is 0.591. The average Bonchev–Trinajstić information content (AvgIpc) is 3.16. The van der Waals surface area contributed by atoms with Gasteiger partial charge < -0.3 is 19.7 Å². The second kappa shape index (κ2) is 20.0. The molecule has 2 fully saturated rings. The summed E-state index contributed by atoms with van der Waals surface area (Å²) in [5.74, 6) is 0.865. The van der Waals surface area contributed by atoms with Gasteiger partial charge in [-0.1, -0.05) is 83.2 Å². The predicted molar refractivity (Wildman–Crippen MR) is 202 cm³/mol. The molecule has 4 rings (SSSR count). The lowest BCUT2D eigenvalue weighted by molar-refractivity contribution is -0.146. The Bertz CT molecular complexity index is 1390.